The molecular formula is C27H29N3O5S. The van der Waals surface area contributed by atoms with E-state index < -0.39 is 12.0 Å². The minimum absolute atomic E-state index is 0.219. The van der Waals surface area contributed by atoms with E-state index in [0.717, 1.165) is 31.8 Å². The Labute approximate surface area is 212 Å². The van der Waals surface area contributed by atoms with Gasteiger partial charge in [-0.3, -0.25) is 9.36 Å². The molecule has 1 fully saturated rings. The van der Waals surface area contributed by atoms with Crippen LogP contribution in [0.15, 0.2) is 61.9 Å². The molecule has 3 aromatic rings. The summed E-state index contributed by atoms with van der Waals surface area (Å²) in [7, 11) is 1.57. The molecule has 36 heavy (non-hydrogen) atoms. The van der Waals surface area contributed by atoms with E-state index in [9.17, 15) is 9.59 Å². The van der Waals surface area contributed by atoms with Gasteiger partial charge in [-0.15, -0.1) is 0 Å². The molecule has 0 N–H and O–H groups in total. The van der Waals surface area contributed by atoms with Crippen LogP contribution < -0.4 is 24.5 Å². The maximum absolute atomic E-state index is 13.8. The molecule has 8 nitrogen and oxygen atoms in total. The molecule has 2 aromatic heterocycles. The van der Waals surface area contributed by atoms with Crippen LogP contribution in [0.1, 0.15) is 50.5 Å². The van der Waals surface area contributed by atoms with Gasteiger partial charge in [-0.25, -0.2) is 9.79 Å². The topological polar surface area (TPSA) is 86.3 Å². The van der Waals surface area contributed by atoms with E-state index in [1.165, 1.54) is 17.8 Å². The van der Waals surface area contributed by atoms with Gasteiger partial charge in [0.1, 0.15) is 17.6 Å². The van der Waals surface area contributed by atoms with Gasteiger partial charge >= 0.3 is 5.97 Å². The van der Waals surface area contributed by atoms with Crippen molar-refractivity contribution in [3.63, 3.8) is 0 Å². The van der Waals surface area contributed by atoms with Crippen molar-refractivity contribution >= 4 is 29.3 Å². The molecule has 1 saturated heterocycles. The van der Waals surface area contributed by atoms with Crippen molar-refractivity contribution in [3.8, 4) is 5.75 Å². The summed E-state index contributed by atoms with van der Waals surface area (Å²) in [5.41, 5.74) is 1.28. The molecule has 0 spiro atoms. The van der Waals surface area contributed by atoms with E-state index in [4.69, 9.17) is 13.9 Å². The summed E-state index contributed by atoms with van der Waals surface area (Å²) in [6.45, 7) is 5.69. The van der Waals surface area contributed by atoms with Crippen LogP contribution in [0, 0.1) is 0 Å². The highest BCUT2D eigenvalue weighted by Crippen LogP contribution is 2.35. The maximum atomic E-state index is 13.8. The Kier molecular flexibility index (Phi) is 6.82. The number of carbonyl (C=O) groups is 1. The second-order valence-electron chi connectivity index (χ2n) is 8.77. The van der Waals surface area contributed by atoms with E-state index in [2.05, 4.69) is 9.89 Å². The normalized spacial score (nSPS) is 18.1. The highest BCUT2D eigenvalue weighted by molar-refractivity contribution is 7.07. The maximum Gasteiger partial charge on any atom is 0.338 e. The van der Waals surface area contributed by atoms with Crippen LogP contribution in [-0.2, 0) is 9.53 Å². The van der Waals surface area contributed by atoms with E-state index in [1.807, 2.05) is 36.4 Å². The fraction of sp³-hybridized carbons (Fsp3) is 0.370. The third-order valence-electron chi connectivity index (χ3n) is 6.50. The average molecular weight is 508 g/mol. The number of thiazole rings is 1. The molecule has 0 amide bonds. The van der Waals surface area contributed by atoms with Crippen LogP contribution in [0.25, 0.3) is 6.08 Å². The molecule has 0 bridgehead atoms. The van der Waals surface area contributed by atoms with Crippen LogP contribution in [0.5, 0.6) is 5.75 Å². The first-order valence-electron chi connectivity index (χ1n) is 12.2. The van der Waals surface area contributed by atoms with Gasteiger partial charge in [0.25, 0.3) is 5.56 Å². The minimum Gasteiger partial charge on any atom is -0.496 e. The fourth-order valence-corrected chi connectivity index (χ4v) is 5.84. The Hall–Kier alpha value is -3.59. The van der Waals surface area contributed by atoms with E-state index in [-0.39, 0.29) is 12.2 Å². The van der Waals surface area contributed by atoms with Gasteiger partial charge in [0.05, 0.1) is 29.5 Å². The summed E-state index contributed by atoms with van der Waals surface area (Å²) in [6.07, 6.45) is 5.30. The molecule has 4 heterocycles. The molecule has 1 atom stereocenters. The van der Waals surface area contributed by atoms with Crippen molar-refractivity contribution in [2.75, 3.05) is 31.7 Å². The summed E-state index contributed by atoms with van der Waals surface area (Å²) in [6, 6.07) is 10.5. The van der Waals surface area contributed by atoms with Gasteiger partial charge in [0.2, 0.25) is 0 Å². The lowest BCUT2D eigenvalue weighted by Crippen LogP contribution is -2.40. The highest BCUT2D eigenvalue weighted by Gasteiger charge is 2.35. The smallest absolute Gasteiger partial charge is 0.338 e. The number of hydrogen-bond acceptors (Lipinski definition) is 8. The third kappa shape index (κ3) is 4.39. The number of fused-ring (bicyclic) bond motifs is 1. The summed E-state index contributed by atoms with van der Waals surface area (Å²) in [5, 5.41) is 0. The number of hydrogen-bond donors (Lipinski definition) is 0. The number of allylic oxidation sites excluding steroid dienone is 1. The number of esters is 1. The molecular weight excluding hydrogens is 478 g/mol. The monoisotopic (exact) mass is 507 g/mol. The van der Waals surface area contributed by atoms with Crippen molar-refractivity contribution in [1.82, 2.24) is 4.57 Å². The first kappa shape index (κ1) is 24.1. The van der Waals surface area contributed by atoms with Gasteiger partial charge in [-0.05, 0) is 45.2 Å². The van der Waals surface area contributed by atoms with Crippen molar-refractivity contribution in [2.24, 2.45) is 4.99 Å². The number of para-hydroxylation sites is 1. The zero-order chi connectivity index (χ0) is 25.2. The number of methoxy groups -OCH3 is 1. The van der Waals surface area contributed by atoms with Crippen molar-refractivity contribution in [2.45, 2.75) is 39.2 Å². The zero-order valence-electron chi connectivity index (χ0n) is 20.7. The van der Waals surface area contributed by atoms with E-state index >= 15 is 0 Å². The second kappa shape index (κ2) is 10.2. The number of benzene rings is 1. The van der Waals surface area contributed by atoms with Crippen LogP contribution >= 0.6 is 11.3 Å². The molecule has 0 saturated carbocycles. The Morgan fingerprint density at radius 2 is 1.97 bits per heavy atom. The molecule has 5 rings (SSSR count). The first-order valence-corrected chi connectivity index (χ1v) is 13.0. The Bertz CT molecular complexity index is 1490. The van der Waals surface area contributed by atoms with Gasteiger partial charge in [-0.2, -0.15) is 0 Å². The van der Waals surface area contributed by atoms with Crippen molar-refractivity contribution in [3.05, 3.63) is 78.7 Å². The highest BCUT2D eigenvalue weighted by atomic mass is 32.1. The molecule has 188 valence electrons. The lowest BCUT2D eigenvalue weighted by Gasteiger charge is -2.25. The number of carbonyl (C=O) groups excluding carboxylic acids is 1. The number of aromatic nitrogens is 1. The molecule has 2 aliphatic rings. The largest absolute Gasteiger partial charge is 0.496 e. The quantitative estimate of drug-likeness (QED) is 0.476. The number of rotatable bonds is 6. The lowest BCUT2D eigenvalue weighted by molar-refractivity contribution is -0.139. The standard InChI is InChI=1S/C27H29N3O5S/c1-4-34-26(32)23-17(2)28-27-30(24(23)19-10-6-7-11-20(19)33-3)25(31)21(36-27)16-18-12-13-22(35-18)29-14-8-5-9-15-29/h6-7,10-13,16,24H,4-5,8-9,14-15H2,1-3H3/b21-16-/t24-/m0/s1. The second-order valence-corrected chi connectivity index (χ2v) is 9.78. The van der Waals surface area contributed by atoms with Crippen LogP contribution in [0.3, 0.4) is 0 Å². The number of anilines is 1. The number of furan rings is 1. The van der Waals surface area contributed by atoms with Gasteiger partial charge in [0.15, 0.2) is 10.7 Å². The molecule has 9 heteroatoms. The molecule has 1 aromatic carbocycles. The first-order chi connectivity index (χ1) is 17.5. The van der Waals surface area contributed by atoms with Gasteiger partial charge in [0, 0.05) is 30.8 Å². The minimum atomic E-state index is -0.723. The average Bonchev–Trinajstić information content (AvgIpc) is 3.48. The van der Waals surface area contributed by atoms with Crippen molar-refractivity contribution < 1.29 is 18.7 Å². The zero-order valence-corrected chi connectivity index (χ0v) is 21.5. The van der Waals surface area contributed by atoms with Crippen LogP contribution in [-0.4, -0.2) is 37.3 Å². The molecule has 0 unspecified atom stereocenters. The third-order valence-corrected chi connectivity index (χ3v) is 7.49. The summed E-state index contributed by atoms with van der Waals surface area (Å²) >= 11 is 1.27. The van der Waals surface area contributed by atoms with Gasteiger partial charge < -0.3 is 18.8 Å². The Morgan fingerprint density at radius 3 is 2.72 bits per heavy atom. The summed E-state index contributed by atoms with van der Waals surface area (Å²) < 4.78 is 19.1. The SMILES string of the molecule is CCOC(=O)C1=C(C)N=c2s/c(=C\c3ccc(N4CCCCC4)o3)c(=O)n2[C@H]1c1ccccc1OC. The van der Waals surface area contributed by atoms with E-state index in [1.54, 1.807) is 31.6 Å². The Balaban J connectivity index is 1.63. The predicted molar refractivity (Wildman–Crippen MR) is 138 cm³/mol. The Morgan fingerprint density at radius 1 is 1.19 bits per heavy atom. The molecule has 0 aliphatic carbocycles. The molecule has 2 aliphatic heterocycles. The predicted octanol–water partition coefficient (Wildman–Crippen LogP) is 3.39. The lowest BCUT2D eigenvalue weighted by atomic mass is 9.95. The van der Waals surface area contributed by atoms with E-state index in [0.29, 0.717) is 37.7 Å². The summed E-state index contributed by atoms with van der Waals surface area (Å²) in [4.78, 5) is 34.2. The van der Waals surface area contributed by atoms with Crippen molar-refractivity contribution in [1.29, 1.82) is 0 Å². The summed E-state index contributed by atoms with van der Waals surface area (Å²) in [5.74, 6) is 1.50. The number of piperidine rings is 1. The van der Waals surface area contributed by atoms with Crippen LogP contribution in [0.4, 0.5) is 5.88 Å². The fourth-order valence-electron chi connectivity index (χ4n) is 4.81. The van der Waals surface area contributed by atoms with Crippen LogP contribution in [0.2, 0.25) is 0 Å². The molecule has 0 radical (unpaired) electrons. The van der Waals surface area contributed by atoms with Gasteiger partial charge in [-0.1, -0.05) is 29.5 Å². The number of ether oxygens (including phenoxy) is 2. The number of nitrogens with zero attached hydrogens (tertiary/aromatic N) is 3.